The van der Waals surface area contributed by atoms with E-state index in [-0.39, 0.29) is 18.2 Å². The maximum atomic E-state index is 11.8. The topological polar surface area (TPSA) is 71.1 Å². The molecule has 0 unspecified atom stereocenters. The van der Waals surface area contributed by atoms with Gasteiger partial charge in [0.25, 0.3) is 0 Å². The highest BCUT2D eigenvalue weighted by Crippen LogP contribution is 2.15. The molecule has 0 aromatic rings. The normalized spacial score (nSPS) is 15.9. The minimum Gasteiger partial charge on any atom is -0.444 e. The molecule has 0 bridgehead atoms. The molecule has 0 saturated carbocycles. The van der Waals surface area contributed by atoms with Gasteiger partial charge in [-0.15, -0.1) is 0 Å². The van der Waals surface area contributed by atoms with Crippen LogP contribution in [-0.4, -0.2) is 72.5 Å². The fraction of sp³-hybridized carbons (Fsp3) is 0.875. The summed E-state index contributed by atoms with van der Waals surface area (Å²) in [6.07, 6.45) is -0.607. The summed E-state index contributed by atoms with van der Waals surface area (Å²) in [4.78, 5) is 26.8. The second-order valence-electron chi connectivity index (χ2n) is 7.94. The third-order valence-electron chi connectivity index (χ3n) is 3.12. The highest BCUT2D eigenvalue weighted by molar-refractivity contribution is 5.69. The predicted molar refractivity (Wildman–Crippen MR) is 88.5 cm³/mol. The second kappa shape index (κ2) is 7.38. The van der Waals surface area contributed by atoms with Gasteiger partial charge in [-0.05, 0) is 41.5 Å². The molecule has 7 nitrogen and oxygen atoms in total. The number of likely N-dealkylation sites (tertiary alicyclic amines) is 1. The van der Waals surface area contributed by atoms with Crippen molar-refractivity contribution in [3.63, 3.8) is 0 Å². The van der Waals surface area contributed by atoms with E-state index in [0.717, 1.165) is 0 Å². The molecule has 0 atom stereocenters. The second-order valence-corrected chi connectivity index (χ2v) is 7.94. The molecule has 1 aliphatic rings. The van der Waals surface area contributed by atoms with Gasteiger partial charge < -0.3 is 24.6 Å². The fourth-order valence-corrected chi connectivity index (χ4v) is 1.95. The molecule has 0 radical (unpaired) electrons. The number of carbonyl (C=O) groups excluding carboxylic acids is 2. The van der Waals surface area contributed by atoms with E-state index in [1.165, 1.54) is 0 Å². The summed E-state index contributed by atoms with van der Waals surface area (Å²) < 4.78 is 10.6. The zero-order valence-corrected chi connectivity index (χ0v) is 15.4. The average Bonchev–Trinajstić information content (AvgIpc) is 2.26. The van der Waals surface area contributed by atoms with Crippen LogP contribution in [0.1, 0.15) is 41.5 Å². The van der Waals surface area contributed by atoms with Gasteiger partial charge in [-0.2, -0.15) is 0 Å². The predicted octanol–water partition coefficient (Wildman–Crippen LogP) is 2.06. The summed E-state index contributed by atoms with van der Waals surface area (Å²) >= 11 is 0. The van der Waals surface area contributed by atoms with Crippen molar-refractivity contribution in [2.24, 2.45) is 0 Å². The van der Waals surface area contributed by atoms with Crippen molar-refractivity contribution in [3.8, 4) is 0 Å². The molecular formula is C16H31N3O4. The van der Waals surface area contributed by atoms with Crippen molar-refractivity contribution < 1.29 is 19.1 Å². The molecule has 0 spiro atoms. The molecule has 2 amide bonds. The van der Waals surface area contributed by atoms with E-state index >= 15 is 0 Å². The van der Waals surface area contributed by atoms with Crippen LogP contribution in [0.2, 0.25) is 0 Å². The number of amides is 2. The van der Waals surface area contributed by atoms with E-state index < -0.39 is 11.2 Å². The van der Waals surface area contributed by atoms with Gasteiger partial charge in [0.15, 0.2) is 0 Å². The highest BCUT2D eigenvalue weighted by atomic mass is 16.6. The quantitative estimate of drug-likeness (QED) is 0.855. The largest absolute Gasteiger partial charge is 0.444 e. The molecule has 134 valence electrons. The molecule has 23 heavy (non-hydrogen) atoms. The van der Waals surface area contributed by atoms with Crippen LogP contribution in [0.4, 0.5) is 9.59 Å². The molecule has 0 aromatic heterocycles. The first kappa shape index (κ1) is 19.5. The molecule has 1 heterocycles. The molecule has 0 aromatic carbocycles. The van der Waals surface area contributed by atoms with Crippen LogP contribution < -0.4 is 5.32 Å². The van der Waals surface area contributed by atoms with E-state index in [4.69, 9.17) is 9.47 Å². The lowest BCUT2D eigenvalue weighted by molar-refractivity contribution is 0.00510. The van der Waals surface area contributed by atoms with Crippen LogP contribution >= 0.6 is 0 Å². The Morgan fingerprint density at radius 3 is 2.09 bits per heavy atom. The summed E-state index contributed by atoms with van der Waals surface area (Å²) in [6.45, 7) is 13.6. The van der Waals surface area contributed by atoms with Crippen molar-refractivity contribution in [1.29, 1.82) is 0 Å². The Balaban J connectivity index is 2.17. The standard InChI is InChI=1S/C16H31N3O4/c1-15(2,3)22-13(20)18(7)9-8-17-12-10-19(11-12)14(21)23-16(4,5)6/h12,17H,8-11H2,1-7H3. The summed E-state index contributed by atoms with van der Waals surface area (Å²) in [7, 11) is 1.71. The van der Waals surface area contributed by atoms with Gasteiger partial charge in [0.2, 0.25) is 0 Å². The number of carbonyl (C=O) groups is 2. The monoisotopic (exact) mass is 329 g/mol. The number of nitrogens with one attached hydrogen (secondary N) is 1. The SMILES string of the molecule is CN(CCNC1CN(C(=O)OC(C)(C)C)C1)C(=O)OC(C)(C)C. The Morgan fingerprint density at radius 1 is 1.09 bits per heavy atom. The Labute approximate surface area is 139 Å². The van der Waals surface area contributed by atoms with Gasteiger partial charge in [-0.25, -0.2) is 9.59 Å². The first-order chi connectivity index (χ1) is 10.4. The molecule has 1 N–H and O–H groups in total. The third kappa shape index (κ3) is 7.54. The van der Waals surface area contributed by atoms with Crippen LogP contribution in [-0.2, 0) is 9.47 Å². The maximum absolute atomic E-state index is 11.8. The Bertz CT molecular complexity index is 420. The van der Waals surface area contributed by atoms with Crippen LogP contribution in [0.25, 0.3) is 0 Å². The Kier molecular flexibility index (Phi) is 6.27. The lowest BCUT2D eigenvalue weighted by Gasteiger charge is -2.40. The zero-order valence-electron chi connectivity index (χ0n) is 15.4. The maximum Gasteiger partial charge on any atom is 0.410 e. The summed E-state index contributed by atoms with van der Waals surface area (Å²) in [5.41, 5.74) is -0.952. The number of rotatable bonds is 4. The van der Waals surface area contributed by atoms with Gasteiger partial charge in [-0.3, -0.25) is 0 Å². The van der Waals surface area contributed by atoms with E-state index in [1.807, 2.05) is 41.5 Å². The van der Waals surface area contributed by atoms with Gasteiger partial charge >= 0.3 is 12.2 Å². The van der Waals surface area contributed by atoms with E-state index in [1.54, 1.807) is 16.8 Å². The minimum atomic E-state index is -0.485. The molecular weight excluding hydrogens is 298 g/mol. The van der Waals surface area contributed by atoms with E-state index in [2.05, 4.69) is 5.32 Å². The molecule has 1 rings (SSSR count). The highest BCUT2D eigenvalue weighted by Gasteiger charge is 2.33. The van der Waals surface area contributed by atoms with Crippen LogP contribution in [0, 0.1) is 0 Å². The van der Waals surface area contributed by atoms with Crippen LogP contribution in [0.3, 0.4) is 0 Å². The zero-order chi connectivity index (χ0) is 17.8. The van der Waals surface area contributed by atoms with Gasteiger partial charge in [-0.1, -0.05) is 0 Å². The van der Waals surface area contributed by atoms with Gasteiger partial charge in [0.05, 0.1) is 0 Å². The number of ether oxygens (including phenoxy) is 2. The molecule has 0 aliphatic carbocycles. The van der Waals surface area contributed by atoms with E-state index in [0.29, 0.717) is 26.2 Å². The van der Waals surface area contributed by atoms with Crippen molar-refractivity contribution in [1.82, 2.24) is 15.1 Å². The molecule has 1 fully saturated rings. The average molecular weight is 329 g/mol. The van der Waals surface area contributed by atoms with E-state index in [9.17, 15) is 9.59 Å². The number of likely N-dealkylation sites (N-methyl/N-ethyl adjacent to an activating group) is 1. The first-order valence-electron chi connectivity index (χ1n) is 8.03. The minimum absolute atomic E-state index is 0.245. The number of hydrogen-bond acceptors (Lipinski definition) is 5. The smallest absolute Gasteiger partial charge is 0.410 e. The fourth-order valence-electron chi connectivity index (χ4n) is 1.95. The van der Waals surface area contributed by atoms with Crippen molar-refractivity contribution in [2.45, 2.75) is 58.8 Å². The lowest BCUT2D eigenvalue weighted by atomic mass is 10.1. The number of nitrogens with zero attached hydrogens (tertiary/aromatic N) is 2. The number of hydrogen-bond donors (Lipinski definition) is 1. The van der Waals surface area contributed by atoms with Crippen LogP contribution in [0.15, 0.2) is 0 Å². The molecule has 1 saturated heterocycles. The Morgan fingerprint density at radius 2 is 1.61 bits per heavy atom. The summed E-state index contributed by atoms with van der Waals surface area (Å²) in [5.74, 6) is 0. The van der Waals surface area contributed by atoms with Gasteiger partial charge in [0.1, 0.15) is 11.2 Å². The molecule has 7 heteroatoms. The summed E-state index contributed by atoms with van der Waals surface area (Å²) in [6, 6.07) is 0.245. The Hall–Kier alpha value is -1.50. The van der Waals surface area contributed by atoms with Crippen molar-refractivity contribution in [2.75, 3.05) is 33.2 Å². The van der Waals surface area contributed by atoms with Gasteiger partial charge in [0, 0.05) is 39.3 Å². The van der Waals surface area contributed by atoms with Crippen LogP contribution in [0.5, 0.6) is 0 Å². The summed E-state index contributed by atoms with van der Waals surface area (Å²) in [5, 5.41) is 3.32. The van der Waals surface area contributed by atoms with Crippen molar-refractivity contribution >= 4 is 12.2 Å². The lowest BCUT2D eigenvalue weighted by Crippen LogP contribution is -2.61. The van der Waals surface area contributed by atoms with Crippen molar-refractivity contribution in [3.05, 3.63) is 0 Å². The first-order valence-corrected chi connectivity index (χ1v) is 8.03. The molecule has 1 aliphatic heterocycles. The third-order valence-corrected chi connectivity index (χ3v) is 3.12.